The fourth-order valence-corrected chi connectivity index (χ4v) is 2.56. The van der Waals surface area contributed by atoms with Crippen molar-refractivity contribution in [2.24, 2.45) is 0 Å². The van der Waals surface area contributed by atoms with E-state index in [1.165, 1.54) is 0 Å². The van der Waals surface area contributed by atoms with Crippen LogP contribution in [0.4, 0.5) is 10.5 Å². The summed E-state index contributed by atoms with van der Waals surface area (Å²) in [5.74, 6) is 2.20. The maximum Gasteiger partial charge on any atom is 0.321 e. The number of nitrogens with one attached hydrogen (secondary N) is 1. The third kappa shape index (κ3) is 5.25. The maximum atomic E-state index is 12.5. The van der Waals surface area contributed by atoms with Gasteiger partial charge in [0.15, 0.2) is 0 Å². The topological polar surface area (TPSA) is 50.8 Å². The Kier molecular flexibility index (Phi) is 5.94. The largest absolute Gasteiger partial charge is 0.497 e. The number of urea groups is 1. The molecule has 2 amide bonds. The van der Waals surface area contributed by atoms with Gasteiger partial charge in [0.25, 0.3) is 0 Å². The summed E-state index contributed by atoms with van der Waals surface area (Å²) in [5, 5.41) is 2.89. The smallest absolute Gasteiger partial charge is 0.321 e. The van der Waals surface area contributed by atoms with Crippen LogP contribution in [0.1, 0.15) is 5.56 Å². The predicted molar refractivity (Wildman–Crippen MR) is 106 cm³/mol. The van der Waals surface area contributed by atoms with Crippen LogP contribution in [0, 0.1) is 0 Å². The van der Waals surface area contributed by atoms with Crippen LogP contribution in [0.25, 0.3) is 0 Å². The van der Waals surface area contributed by atoms with E-state index in [0.29, 0.717) is 18.0 Å². The van der Waals surface area contributed by atoms with Gasteiger partial charge in [0.1, 0.15) is 17.2 Å². The molecule has 3 rings (SSSR count). The van der Waals surface area contributed by atoms with Crippen molar-refractivity contribution in [3.05, 3.63) is 84.4 Å². The van der Waals surface area contributed by atoms with Crippen molar-refractivity contribution in [2.75, 3.05) is 19.5 Å². The summed E-state index contributed by atoms with van der Waals surface area (Å²) < 4.78 is 11.0. The first kappa shape index (κ1) is 18.3. The van der Waals surface area contributed by atoms with Crippen molar-refractivity contribution >= 4 is 11.7 Å². The number of ether oxygens (including phenoxy) is 2. The highest BCUT2D eigenvalue weighted by Gasteiger charge is 2.10. The fourth-order valence-electron chi connectivity index (χ4n) is 2.56. The molecule has 27 heavy (non-hydrogen) atoms. The lowest BCUT2D eigenvalue weighted by Crippen LogP contribution is -2.30. The molecule has 1 N–H and O–H groups in total. The summed E-state index contributed by atoms with van der Waals surface area (Å²) in [7, 11) is 3.38. The lowest BCUT2D eigenvalue weighted by Gasteiger charge is -2.18. The van der Waals surface area contributed by atoms with Crippen molar-refractivity contribution in [1.29, 1.82) is 0 Å². The molecule has 0 aliphatic rings. The molecule has 0 saturated carbocycles. The first-order chi connectivity index (χ1) is 13.1. The second kappa shape index (κ2) is 8.76. The highest BCUT2D eigenvalue weighted by Crippen LogP contribution is 2.24. The molecule has 0 heterocycles. The lowest BCUT2D eigenvalue weighted by atomic mass is 10.2. The minimum atomic E-state index is -0.192. The number of carbonyl (C=O) groups is 1. The SMILES string of the molecule is COc1ccc(CN(C)C(=O)Nc2cccc(Oc3ccccc3)c2)cc1. The monoisotopic (exact) mass is 362 g/mol. The van der Waals surface area contributed by atoms with E-state index >= 15 is 0 Å². The zero-order valence-electron chi connectivity index (χ0n) is 15.4. The number of nitrogens with zero attached hydrogens (tertiary/aromatic N) is 1. The van der Waals surface area contributed by atoms with E-state index in [0.717, 1.165) is 17.1 Å². The summed E-state index contributed by atoms with van der Waals surface area (Å²) in [4.78, 5) is 14.1. The van der Waals surface area contributed by atoms with Crippen LogP contribution >= 0.6 is 0 Å². The average Bonchev–Trinajstić information content (AvgIpc) is 2.69. The minimum Gasteiger partial charge on any atom is -0.497 e. The third-order valence-corrected chi connectivity index (χ3v) is 3.99. The van der Waals surface area contributed by atoms with E-state index < -0.39 is 0 Å². The molecular weight excluding hydrogens is 340 g/mol. The molecule has 5 nitrogen and oxygen atoms in total. The maximum absolute atomic E-state index is 12.5. The van der Waals surface area contributed by atoms with Crippen LogP contribution in [0.2, 0.25) is 0 Å². The van der Waals surface area contributed by atoms with Crippen LogP contribution < -0.4 is 14.8 Å². The van der Waals surface area contributed by atoms with Crippen LogP contribution in [0.15, 0.2) is 78.9 Å². The van der Waals surface area contributed by atoms with Gasteiger partial charge in [-0.15, -0.1) is 0 Å². The van der Waals surface area contributed by atoms with Gasteiger partial charge in [0.05, 0.1) is 7.11 Å². The van der Waals surface area contributed by atoms with Crippen LogP contribution in [-0.2, 0) is 6.54 Å². The Morgan fingerprint density at radius 1 is 0.889 bits per heavy atom. The molecule has 0 aliphatic carbocycles. The van der Waals surface area contributed by atoms with E-state index in [-0.39, 0.29) is 6.03 Å². The normalized spacial score (nSPS) is 10.1. The summed E-state index contributed by atoms with van der Waals surface area (Å²) in [5.41, 5.74) is 1.70. The van der Waals surface area contributed by atoms with Crippen molar-refractivity contribution in [2.45, 2.75) is 6.54 Å². The molecule has 0 bridgehead atoms. The van der Waals surface area contributed by atoms with Crippen molar-refractivity contribution in [3.8, 4) is 17.2 Å². The molecule has 0 atom stereocenters. The molecule has 0 fully saturated rings. The van der Waals surface area contributed by atoms with Gasteiger partial charge in [-0.3, -0.25) is 0 Å². The molecule has 5 heteroatoms. The highest BCUT2D eigenvalue weighted by molar-refractivity contribution is 5.89. The molecule has 0 aliphatic heterocycles. The van der Waals surface area contributed by atoms with E-state index in [1.54, 1.807) is 25.1 Å². The van der Waals surface area contributed by atoms with Crippen LogP contribution in [-0.4, -0.2) is 25.1 Å². The summed E-state index contributed by atoms with van der Waals surface area (Å²) in [6.07, 6.45) is 0. The van der Waals surface area contributed by atoms with Gasteiger partial charge in [-0.25, -0.2) is 4.79 Å². The Bertz CT molecular complexity index is 880. The quantitative estimate of drug-likeness (QED) is 0.660. The number of anilines is 1. The van der Waals surface area contributed by atoms with E-state index in [1.807, 2.05) is 72.8 Å². The average molecular weight is 362 g/mol. The molecule has 0 saturated heterocycles. The minimum absolute atomic E-state index is 0.192. The van der Waals surface area contributed by atoms with Gasteiger partial charge in [-0.2, -0.15) is 0 Å². The van der Waals surface area contributed by atoms with E-state index in [9.17, 15) is 4.79 Å². The lowest BCUT2D eigenvalue weighted by molar-refractivity contribution is 0.220. The fraction of sp³-hybridized carbons (Fsp3) is 0.136. The second-order valence-corrected chi connectivity index (χ2v) is 6.08. The standard InChI is InChI=1S/C22H22N2O3/c1-24(16-17-11-13-19(26-2)14-12-17)22(25)23-18-7-6-10-21(15-18)27-20-8-4-3-5-9-20/h3-15H,16H2,1-2H3,(H,23,25). The number of hydrogen-bond acceptors (Lipinski definition) is 3. The number of hydrogen-bond donors (Lipinski definition) is 1. The Hall–Kier alpha value is -3.47. The van der Waals surface area contributed by atoms with Gasteiger partial charge in [0.2, 0.25) is 0 Å². The molecule has 0 unspecified atom stereocenters. The van der Waals surface area contributed by atoms with Gasteiger partial charge < -0.3 is 19.7 Å². The van der Waals surface area contributed by atoms with Gasteiger partial charge in [-0.05, 0) is 42.0 Å². The molecular formula is C22H22N2O3. The third-order valence-electron chi connectivity index (χ3n) is 3.99. The molecule has 3 aromatic carbocycles. The van der Waals surface area contributed by atoms with Gasteiger partial charge in [-0.1, -0.05) is 36.4 Å². The summed E-state index contributed by atoms with van der Waals surface area (Å²) in [6, 6.07) is 24.3. The van der Waals surface area contributed by atoms with E-state index in [4.69, 9.17) is 9.47 Å². The number of carbonyl (C=O) groups excluding carboxylic acids is 1. The summed E-state index contributed by atoms with van der Waals surface area (Å²) >= 11 is 0. The van der Waals surface area contributed by atoms with Crippen molar-refractivity contribution < 1.29 is 14.3 Å². The highest BCUT2D eigenvalue weighted by atomic mass is 16.5. The van der Waals surface area contributed by atoms with Gasteiger partial charge >= 0.3 is 6.03 Å². The predicted octanol–water partition coefficient (Wildman–Crippen LogP) is 5.15. The zero-order chi connectivity index (χ0) is 19.1. The number of benzene rings is 3. The Morgan fingerprint density at radius 3 is 2.30 bits per heavy atom. The molecule has 3 aromatic rings. The second-order valence-electron chi connectivity index (χ2n) is 6.08. The number of rotatable bonds is 6. The van der Waals surface area contributed by atoms with Crippen molar-refractivity contribution in [1.82, 2.24) is 4.90 Å². The number of para-hydroxylation sites is 1. The van der Waals surface area contributed by atoms with Gasteiger partial charge in [0, 0.05) is 25.3 Å². The Morgan fingerprint density at radius 2 is 1.59 bits per heavy atom. The van der Waals surface area contributed by atoms with Crippen molar-refractivity contribution in [3.63, 3.8) is 0 Å². The molecule has 0 radical (unpaired) electrons. The molecule has 0 aromatic heterocycles. The number of amides is 2. The Balaban J connectivity index is 1.60. The van der Waals surface area contributed by atoms with Crippen LogP contribution in [0.5, 0.6) is 17.2 Å². The van der Waals surface area contributed by atoms with E-state index in [2.05, 4.69) is 5.32 Å². The zero-order valence-corrected chi connectivity index (χ0v) is 15.4. The number of methoxy groups -OCH3 is 1. The molecule has 138 valence electrons. The first-order valence-electron chi connectivity index (χ1n) is 8.62. The summed E-state index contributed by atoms with van der Waals surface area (Å²) in [6.45, 7) is 0.496. The first-order valence-corrected chi connectivity index (χ1v) is 8.62. The van der Waals surface area contributed by atoms with Crippen LogP contribution in [0.3, 0.4) is 0 Å². The Labute approximate surface area is 159 Å². The molecule has 0 spiro atoms.